The van der Waals surface area contributed by atoms with Gasteiger partial charge >= 0.3 is 179 Å². The van der Waals surface area contributed by atoms with Gasteiger partial charge in [-0.1, -0.05) is 0 Å². The molecule has 0 aliphatic rings. The molecule has 12 heteroatoms. The van der Waals surface area contributed by atoms with Crippen molar-refractivity contribution in [3.05, 3.63) is 0 Å². The van der Waals surface area contributed by atoms with Crippen LogP contribution in [0, 0.1) is 0 Å². The summed E-state index contributed by atoms with van der Waals surface area (Å²) in [5.41, 5.74) is 0. The van der Waals surface area contributed by atoms with E-state index in [9.17, 15) is 0 Å². The third-order valence-corrected chi connectivity index (χ3v) is 0. The van der Waals surface area contributed by atoms with Crippen molar-refractivity contribution in [2.24, 2.45) is 0 Å². The van der Waals surface area contributed by atoms with Crippen LogP contribution >= 0.6 is 7.82 Å². The summed E-state index contributed by atoms with van der Waals surface area (Å²) in [6, 6.07) is 0. The van der Waals surface area contributed by atoms with Crippen LogP contribution in [-0.2, 0) is 4.57 Å². The Labute approximate surface area is 217 Å². The van der Waals surface area contributed by atoms with Crippen molar-refractivity contribution >= 4 is 127 Å². The SMILES string of the molecule is O=C(O)O.O=P(O)(O)O.[Ca+2].[Ca+2].[Ca+2].[H-].[H-].[H-].[H-].[H-].[H-].[H-].[K+]. The van der Waals surface area contributed by atoms with Gasteiger partial charge in [0.25, 0.3) is 0 Å². The molecule has 0 aliphatic carbocycles. The molecule has 7 nitrogen and oxygen atoms in total. The second kappa shape index (κ2) is 22.0. The molecule has 0 rings (SSSR count). The Kier molecular flexibility index (Phi) is 61.1. The van der Waals surface area contributed by atoms with E-state index in [1.54, 1.807) is 0 Å². The summed E-state index contributed by atoms with van der Waals surface area (Å²) >= 11 is 0. The number of carbonyl (C=O) groups is 1. The van der Waals surface area contributed by atoms with Crippen LogP contribution in [0.15, 0.2) is 0 Å². The normalized spacial score (nSPS) is 6.38. The van der Waals surface area contributed by atoms with Gasteiger partial charge in [0.15, 0.2) is 0 Å². The van der Waals surface area contributed by atoms with Crippen molar-refractivity contribution in [2.75, 3.05) is 0 Å². The molecule has 0 saturated carbocycles. The van der Waals surface area contributed by atoms with Gasteiger partial charge < -0.3 is 34.9 Å². The zero-order valence-electron chi connectivity index (χ0n) is 14.1. The minimum absolute atomic E-state index is 0. The summed E-state index contributed by atoms with van der Waals surface area (Å²) in [4.78, 5) is 30.1. The van der Waals surface area contributed by atoms with Gasteiger partial charge in [-0.15, -0.1) is 0 Å². The average molecular weight is 326 g/mol. The van der Waals surface area contributed by atoms with Crippen LogP contribution in [0.3, 0.4) is 0 Å². The van der Waals surface area contributed by atoms with E-state index in [1.165, 1.54) is 0 Å². The molecule has 0 unspecified atom stereocenters. The third kappa shape index (κ3) is 160. The maximum Gasteiger partial charge on any atom is 2.00 e. The van der Waals surface area contributed by atoms with Crippen molar-refractivity contribution in [1.82, 2.24) is 0 Å². The van der Waals surface area contributed by atoms with Gasteiger partial charge in [-0.2, -0.15) is 0 Å². The molecule has 5 N–H and O–H groups in total. The molecule has 0 bridgehead atoms. The van der Waals surface area contributed by atoms with Gasteiger partial charge in [-0.25, -0.2) is 9.36 Å². The van der Waals surface area contributed by atoms with Crippen LogP contribution in [-0.4, -0.2) is 144 Å². The number of rotatable bonds is 0. The number of hydrogen-bond donors (Lipinski definition) is 5. The standard InChI is InChI=1S/CH2O3.3Ca.K.H3O4P.7H/c2-1(3)4;;;;;1-5(2,3)4;;;;;;;/h(H2,2,3,4);;;;;(H3,1,2,3,4);;;;;;;/q;3*+2;+1;;7*-1. The molecule has 0 fully saturated rings. The van der Waals surface area contributed by atoms with Crippen molar-refractivity contribution in [1.29, 1.82) is 0 Å². The van der Waals surface area contributed by atoms with Crippen LogP contribution in [0.4, 0.5) is 4.79 Å². The Morgan fingerprint density at radius 1 is 1.00 bits per heavy atom. The Morgan fingerprint density at radius 2 is 1.00 bits per heavy atom. The van der Waals surface area contributed by atoms with Crippen molar-refractivity contribution in [3.63, 3.8) is 0 Å². The number of carboxylic acid groups (broad SMARTS) is 2. The summed E-state index contributed by atoms with van der Waals surface area (Å²) < 4.78 is 8.88. The molecule has 0 aliphatic heterocycles. The minimum Gasteiger partial charge on any atom is -1.00 e. The third-order valence-electron chi connectivity index (χ3n) is 0. The van der Waals surface area contributed by atoms with Crippen molar-refractivity contribution in [2.45, 2.75) is 0 Å². The maximum atomic E-state index is 8.88. The summed E-state index contributed by atoms with van der Waals surface area (Å²) in [6.45, 7) is 0. The first-order chi connectivity index (χ1) is 3.73. The van der Waals surface area contributed by atoms with E-state index in [-0.39, 0.29) is 175 Å². The van der Waals surface area contributed by atoms with Crippen LogP contribution in [0.5, 0.6) is 0 Å². The molecule has 0 aromatic rings. The molecule has 0 aromatic carbocycles. The molecule has 0 aromatic heterocycles. The van der Waals surface area contributed by atoms with Crippen molar-refractivity contribution < 1.29 is 95.6 Å². The van der Waals surface area contributed by atoms with E-state index in [0.29, 0.717) is 0 Å². The second-order valence-corrected chi connectivity index (χ2v) is 1.82. The fourth-order valence-corrected chi connectivity index (χ4v) is 0. The van der Waals surface area contributed by atoms with Crippen LogP contribution in [0.1, 0.15) is 9.99 Å². The summed E-state index contributed by atoms with van der Waals surface area (Å²) in [7, 11) is -4.64. The molecule has 0 atom stereocenters. The molecule has 0 heterocycles. The molecule has 0 amide bonds. The Balaban J connectivity index is -0.00000000289. The summed E-state index contributed by atoms with van der Waals surface area (Å²) in [5, 5.41) is 13.9. The van der Waals surface area contributed by atoms with Gasteiger partial charge in [-0.3, -0.25) is 0 Å². The minimum atomic E-state index is -4.64. The quantitative estimate of drug-likeness (QED) is 0.226. The smallest absolute Gasteiger partial charge is 1.00 e. The fourth-order valence-electron chi connectivity index (χ4n) is 0. The molecule has 13 heavy (non-hydrogen) atoms. The topological polar surface area (TPSA) is 135 Å². The molecule has 70 valence electrons. The summed E-state index contributed by atoms with van der Waals surface area (Å²) in [5.74, 6) is 0. The van der Waals surface area contributed by atoms with Gasteiger partial charge in [0, 0.05) is 0 Å². The van der Waals surface area contributed by atoms with Crippen molar-refractivity contribution in [3.8, 4) is 0 Å². The fraction of sp³-hybridized carbons (Fsp3) is 0. The van der Waals surface area contributed by atoms with Gasteiger partial charge in [0.2, 0.25) is 0 Å². The molecule has 0 radical (unpaired) electrons. The van der Waals surface area contributed by atoms with Crippen LogP contribution in [0.25, 0.3) is 0 Å². The van der Waals surface area contributed by atoms with Crippen LogP contribution < -0.4 is 51.4 Å². The van der Waals surface area contributed by atoms with Gasteiger partial charge in [-0.05, 0) is 0 Å². The predicted molar refractivity (Wildman–Crippen MR) is 50.0 cm³/mol. The Hall–Kier alpha value is 4.80. The molecular formula is CH12Ca3KO7P. The Morgan fingerprint density at radius 3 is 1.00 bits per heavy atom. The van der Waals surface area contributed by atoms with Gasteiger partial charge in [0.05, 0.1) is 0 Å². The maximum absolute atomic E-state index is 8.88. The number of phosphoric acid groups is 1. The first-order valence-electron chi connectivity index (χ1n) is 1.43. The largest absolute Gasteiger partial charge is 2.00 e. The monoisotopic (exact) mass is 326 g/mol. The zero-order valence-corrected chi connectivity index (χ0v) is 17.8. The average Bonchev–Trinajstić information content (AvgIpc) is 1.19. The van der Waals surface area contributed by atoms with E-state index < -0.39 is 14.0 Å². The van der Waals surface area contributed by atoms with E-state index in [4.69, 9.17) is 34.3 Å². The second-order valence-electron chi connectivity index (χ2n) is 0.796. The van der Waals surface area contributed by atoms with E-state index in [2.05, 4.69) is 0 Å². The molecule has 0 saturated heterocycles. The molecule has 0 spiro atoms. The van der Waals surface area contributed by atoms with E-state index >= 15 is 0 Å². The van der Waals surface area contributed by atoms with Gasteiger partial charge in [0.1, 0.15) is 0 Å². The van der Waals surface area contributed by atoms with Crippen LogP contribution in [0.2, 0.25) is 0 Å². The zero-order chi connectivity index (χ0) is 8.08. The predicted octanol–water partition coefficient (Wildman–Crippen LogP) is -4.06. The number of hydrogen-bond acceptors (Lipinski definition) is 2. The summed E-state index contributed by atoms with van der Waals surface area (Å²) in [6.07, 6.45) is -1.83. The first-order valence-corrected chi connectivity index (χ1v) is 3.00. The van der Waals surface area contributed by atoms with E-state index in [0.717, 1.165) is 0 Å². The Bertz CT molecular complexity index is 142. The van der Waals surface area contributed by atoms with E-state index in [1.807, 2.05) is 0 Å². The first kappa shape index (κ1) is 36.1. The molecular weight excluding hydrogens is 314 g/mol.